The number of carbonyl (C=O) groups is 4. The maximum atomic E-state index is 13.3. The van der Waals surface area contributed by atoms with E-state index in [-0.39, 0.29) is 36.3 Å². The summed E-state index contributed by atoms with van der Waals surface area (Å²) in [5.74, 6) is -2.75. The Kier molecular flexibility index (Phi) is 16.2. The second-order valence-electron chi connectivity index (χ2n) is 10.6. The number of carbonyl (C=O) groups excluding carboxylic acids is 3. The second-order valence-corrected chi connectivity index (χ2v) is 14.5. The molecule has 6 rings (SSSR count). The molecule has 274 valence electrons. The van der Waals surface area contributed by atoms with Crippen LogP contribution in [0.15, 0.2) is 117 Å². The number of hydrogen-bond acceptors (Lipinski definition) is 8. The Balaban J connectivity index is 0.000000233. The first-order valence-corrected chi connectivity index (χ1v) is 18.6. The molecule has 0 bridgehead atoms. The lowest BCUT2D eigenvalue weighted by Crippen LogP contribution is -2.08. The van der Waals surface area contributed by atoms with Crippen molar-refractivity contribution in [1.29, 1.82) is 0 Å². The highest BCUT2D eigenvalue weighted by Crippen LogP contribution is 2.36. The van der Waals surface area contributed by atoms with Crippen LogP contribution in [-0.2, 0) is 11.2 Å². The van der Waals surface area contributed by atoms with Gasteiger partial charge in [-0.15, -0.1) is 22.7 Å². The van der Waals surface area contributed by atoms with Crippen LogP contribution < -0.4 is 5.73 Å². The van der Waals surface area contributed by atoms with E-state index in [4.69, 9.17) is 22.1 Å². The van der Waals surface area contributed by atoms with Crippen molar-refractivity contribution in [1.82, 2.24) is 0 Å². The number of aromatic carboxylic acids is 1. The number of rotatable bonds is 8. The molecule has 0 saturated carbocycles. The van der Waals surface area contributed by atoms with Gasteiger partial charge in [-0.05, 0) is 88.3 Å². The molecule has 6 aromatic rings. The van der Waals surface area contributed by atoms with Crippen LogP contribution in [-0.4, -0.2) is 35.2 Å². The standard InChI is InChI=1S/C19H12BrFO3S.C12H10BrNO2S.C7H4ClFO.CH4/c20-14-6-4-11(5-7-14)18-17(19(23)24)13(10-25-18)9-16(22)12-2-1-3-15(21)8-12;1-16-12(15)10-9(14)6-17-11(10)7-2-4-8(13)5-3-7;8-7(10)5-2-1-3-6(9)4-5;/h1-8,10H,9H2,(H,23,24);2-6H,14H2,1H3;1-4H;1H4. The topological polar surface area (TPSA) is 124 Å². The average molecular weight is 906 g/mol. The van der Waals surface area contributed by atoms with Crippen LogP contribution in [0.3, 0.4) is 0 Å². The number of nitrogen functional groups attached to an aromatic ring is 1. The summed E-state index contributed by atoms with van der Waals surface area (Å²) in [7, 11) is 1.35. The van der Waals surface area contributed by atoms with Gasteiger partial charge in [0, 0.05) is 36.8 Å². The number of halogens is 5. The monoisotopic (exact) mass is 903 g/mol. The molecule has 2 aromatic heterocycles. The highest BCUT2D eigenvalue weighted by atomic mass is 79.9. The van der Waals surface area contributed by atoms with E-state index in [1.54, 1.807) is 10.8 Å². The minimum Gasteiger partial charge on any atom is -0.478 e. The first kappa shape index (κ1) is 42.9. The van der Waals surface area contributed by atoms with Crippen LogP contribution in [0, 0.1) is 11.6 Å². The van der Waals surface area contributed by atoms with Crippen LogP contribution >= 0.6 is 66.1 Å². The minimum absolute atomic E-state index is 0. The van der Waals surface area contributed by atoms with Crippen molar-refractivity contribution in [3.63, 3.8) is 0 Å². The average Bonchev–Trinajstić information content (AvgIpc) is 3.72. The summed E-state index contributed by atoms with van der Waals surface area (Å²) in [5, 5.41) is 12.4. The summed E-state index contributed by atoms with van der Waals surface area (Å²) in [4.78, 5) is 47.6. The molecule has 0 atom stereocenters. The Morgan fingerprint density at radius 2 is 1.23 bits per heavy atom. The SMILES string of the molecule is C.COC(=O)c1c(N)csc1-c1ccc(Br)cc1.O=C(Cc1csc(-c2ccc(Br)cc2)c1C(=O)O)c1cccc(F)c1.O=C(Cl)c1cccc(F)c1. The van der Waals surface area contributed by atoms with Gasteiger partial charge in [-0.1, -0.05) is 81.8 Å². The van der Waals surface area contributed by atoms with E-state index < -0.39 is 28.8 Å². The maximum Gasteiger partial charge on any atom is 0.341 e. The number of carboxylic acids is 1. The third kappa shape index (κ3) is 11.7. The van der Waals surface area contributed by atoms with Gasteiger partial charge in [-0.25, -0.2) is 18.4 Å². The molecule has 7 nitrogen and oxygen atoms in total. The molecule has 0 radical (unpaired) electrons. The minimum atomic E-state index is -1.08. The van der Waals surface area contributed by atoms with Crippen molar-refractivity contribution in [2.24, 2.45) is 0 Å². The molecule has 3 N–H and O–H groups in total. The first-order valence-electron chi connectivity index (χ1n) is 14.8. The van der Waals surface area contributed by atoms with Gasteiger partial charge >= 0.3 is 11.9 Å². The summed E-state index contributed by atoms with van der Waals surface area (Å²) < 4.78 is 32.2. The number of benzene rings is 4. The Morgan fingerprint density at radius 1 is 0.755 bits per heavy atom. The zero-order chi connectivity index (χ0) is 37.9. The predicted octanol–water partition coefficient (Wildman–Crippen LogP) is 11.8. The number of ether oxygens (including phenoxy) is 1. The van der Waals surface area contributed by atoms with Gasteiger partial charge in [0.25, 0.3) is 5.24 Å². The summed E-state index contributed by atoms with van der Waals surface area (Å²) in [6.45, 7) is 0. The number of ketones is 1. The van der Waals surface area contributed by atoms with Gasteiger partial charge in [0.15, 0.2) is 5.78 Å². The number of nitrogens with two attached hydrogens (primary N) is 1. The molecule has 0 unspecified atom stereocenters. The summed E-state index contributed by atoms with van der Waals surface area (Å²) in [6, 6.07) is 25.7. The summed E-state index contributed by atoms with van der Waals surface area (Å²) in [5.41, 5.74) is 9.38. The van der Waals surface area contributed by atoms with E-state index in [2.05, 4.69) is 31.9 Å². The van der Waals surface area contributed by atoms with Crippen molar-refractivity contribution in [3.05, 3.63) is 156 Å². The van der Waals surface area contributed by atoms with Crippen molar-refractivity contribution in [2.45, 2.75) is 13.8 Å². The Hall–Kier alpha value is -4.53. The number of esters is 1. The van der Waals surface area contributed by atoms with Gasteiger partial charge < -0.3 is 15.6 Å². The molecular weight excluding hydrogens is 876 g/mol. The molecule has 2 heterocycles. The summed E-state index contributed by atoms with van der Waals surface area (Å²) >= 11 is 14.5. The Bertz CT molecular complexity index is 2220. The fourth-order valence-corrected chi connectivity index (χ4v) is 7.29. The molecular formula is C39H30Br2ClF2NO6S2. The normalized spacial score (nSPS) is 10.1. The molecule has 0 aliphatic rings. The maximum absolute atomic E-state index is 13.3. The van der Waals surface area contributed by atoms with Crippen LogP contribution in [0.25, 0.3) is 20.9 Å². The Morgan fingerprint density at radius 3 is 1.68 bits per heavy atom. The van der Waals surface area contributed by atoms with Gasteiger partial charge in [-0.3, -0.25) is 9.59 Å². The van der Waals surface area contributed by atoms with Crippen molar-refractivity contribution in [3.8, 4) is 20.9 Å². The van der Waals surface area contributed by atoms with Crippen LogP contribution in [0.1, 0.15) is 54.4 Å². The number of carboxylic acid groups (broad SMARTS) is 1. The lowest BCUT2D eigenvalue weighted by Gasteiger charge is -2.04. The molecule has 0 aliphatic heterocycles. The number of hydrogen-bond donors (Lipinski definition) is 2. The molecule has 0 fully saturated rings. The van der Waals surface area contributed by atoms with Crippen LogP contribution in [0.5, 0.6) is 0 Å². The molecule has 0 saturated heterocycles. The molecule has 53 heavy (non-hydrogen) atoms. The van der Waals surface area contributed by atoms with Crippen molar-refractivity contribution in [2.75, 3.05) is 12.8 Å². The zero-order valence-electron chi connectivity index (χ0n) is 26.9. The van der Waals surface area contributed by atoms with E-state index in [1.807, 2.05) is 48.5 Å². The van der Waals surface area contributed by atoms with E-state index in [9.17, 15) is 33.1 Å². The third-order valence-corrected chi connectivity index (χ3v) is 10.5. The van der Waals surface area contributed by atoms with E-state index in [1.165, 1.54) is 66.2 Å². The molecule has 0 amide bonds. The van der Waals surface area contributed by atoms with E-state index >= 15 is 0 Å². The number of thiophene rings is 2. The lowest BCUT2D eigenvalue weighted by atomic mass is 9.99. The Labute approximate surface area is 334 Å². The highest BCUT2D eigenvalue weighted by Gasteiger charge is 2.22. The second kappa shape index (κ2) is 20.1. The third-order valence-electron chi connectivity index (χ3n) is 7.05. The van der Waals surface area contributed by atoms with Gasteiger partial charge in [0.2, 0.25) is 0 Å². The predicted molar refractivity (Wildman–Crippen MR) is 215 cm³/mol. The van der Waals surface area contributed by atoms with Gasteiger partial charge in [-0.2, -0.15) is 0 Å². The molecule has 14 heteroatoms. The quantitative estimate of drug-likeness (QED) is 0.0885. The number of anilines is 1. The number of Topliss-reactive ketones (excluding diaryl/α,β-unsaturated/α-hetero) is 1. The van der Waals surface area contributed by atoms with Crippen LogP contribution in [0.2, 0.25) is 0 Å². The van der Waals surface area contributed by atoms with Gasteiger partial charge in [0.1, 0.15) is 17.2 Å². The van der Waals surface area contributed by atoms with E-state index in [0.717, 1.165) is 37.1 Å². The molecule has 0 aliphatic carbocycles. The zero-order valence-corrected chi connectivity index (χ0v) is 32.4. The smallest absolute Gasteiger partial charge is 0.341 e. The highest BCUT2D eigenvalue weighted by molar-refractivity contribution is 9.10. The molecule has 0 spiro atoms. The van der Waals surface area contributed by atoms with Gasteiger partial charge in [0.05, 0.1) is 23.2 Å². The first-order chi connectivity index (χ1) is 24.8. The summed E-state index contributed by atoms with van der Waals surface area (Å²) in [6.07, 6.45) is -0.0852. The van der Waals surface area contributed by atoms with E-state index in [0.29, 0.717) is 21.7 Å². The number of methoxy groups -OCH3 is 1. The van der Waals surface area contributed by atoms with Crippen molar-refractivity contribution < 1.29 is 37.8 Å². The van der Waals surface area contributed by atoms with Crippen LogP contribution in [0.4, 0.5) is 14.5 Å². The largest absolute Gasteiger partial charge is 0.478 e. The van der Waals surface area contributed by atoms with Crippen molar-refractivity contribution >= 4 is 94.8 Å². The fourth-order valence-electron chi connectivity index (χ4n) is 4.62. The molecule has 4 aromatic carbocycles. The lowest BCUT2D eigenvalue weighted by molar-refractivity contribution is 0.0602. The fraction of sp³-hybridized carbons (Fsp3) is 0.0769.